The highest BCUT2D eigenvalue weighted by Crippen LogP contribution is 2.24. The number of rotatable bonds is 3. The molecule has 4 unspecified atom stereocenters. The summed E-state index contributed by atoms with van der Waals surface area (Å²) in [5.74, 6) is -0.716. The molecule has 1 amide bonds. The van der Waals surface area contributed by atoms with E-state index in [-0.39, 0.29) is 18.5 Å². The van der Waals surface area contributed by atoms with Crippen molar-refractivity contribution in [1.29, 1.82) is 0 Å². The summed E-state index contributed by atoms with van der Waals surface area (Å²) in [5.41, 5.74) is 5.03. The van der Waals surface area contributed by atoms with Gasteiger partial charge in [-0.15, -0.1) is 0 Å². The highest BCUT2D eigenvalue weighted by atomic mass is 16.5. The Balaban J connectivity index is 2.02. The van der Waals surface area contributed by atoms with E-state index < -0.39 is 24.2 Å². The molecule has 4 N–H and O–H groups in total. The first-order valence-electron chi connectivity index (χ1n) is 4.98. The number of ether oxygens (including phenoxy) is 1. The molecule has 2 aliphatic heterocycles. The predicted molar refractivity (Wildman–Crippen MR) is 55.3 cm³/mol. The van der Waals surface area contributed by atoms with Crippen LogP contribution in [-0.2, 0) is 9.53 Å². The van der Waals surface area contributed by atoms with Crippen LogP contribution in [0.5, 0.6) is 0 Å². The van der Waals surface area contributed by atoms with Crippen LogP contribution in [0.15, 0.2) is 9.98 Å². The number of aliphatic hydroxyl groups is 2. The van der Waals surface area contributed by atoms with Gasteiger partial charge in [0.25, 0.3) is 5.91 Å². The minimum Gasteiger partial charge on any atom is -0.394 e. The summed E-state index contributed by atoms with van der Waals surface area (Å²) < 4.78 is 5.38. The van der Waals surface area contributed by atoms with Crippen molar-refractivity contribution in [3.63, 3.8) is 0 Å². The van der Waals surface area contributed by atoms with Crippen molar-refractivity contribution in [2.45, 2.75) is 30.8 Å². The van der Waals surface area contributed by atoms with Crippen molar-refractivity contribution in [1.82, 2.24) is 0 Å². The Morgan fingerprint density at radius 2 is 2.44 bits per heavy atom. The Morgan fingerprint density at radius 3 is 2.94 bits per heavy atom. The smallest absolute Gasteiger partial charge is 0.286 e. The summed E-state index contributed by atoms with van der Waals surface area (Å²) >= 11 is 0. The van der Waals surface area contributed by atoms with Gasteiger partial charge in [-0.05, 0) is 0 Å². The number of aliphatic hydroxyl groups excluding tert-OH is 2. The fourth-order valence-electron chi connectivity index (χ4n) is 1.81. The summed E-state index contributed by atoms with van der Waals surface area (Å²) in [6, 6.07) is -0.409. The van der Waals surface area contributed by atoms with Crippen molar-refractivity contribution >= 4 is 18.0 Å². The van der Waals surface area contributed by atoms with Crippen LogP contribution in [0.1, 0.15) is 6.42 Å². The van der Waals surface area contributed by atoms with Gasteiger partial charge >= 0.3 is 0 Å². The standard InChI is InChI=1S/C9H13N3O4/c10-8(15)9-11-2-4(12-9)6-1-5(14)7(3-13)16-6/h2,4-7,13-14H,1,3H2,(H2,10,15). The molecule has 0 aromatic carbocycles. The van der Waals surface area contributed by atoms with Crippen LogP contribution < -0.4 is 5.73 Å². The molecule has 2 rings (SSSR count). The second kappa shape index (κ2) is 4.28. The van der Waals surface area contributed by atoms with E-state index in [1.807, 2.05) is 0 Å². The number of carbonyl (C=O) groups excluding carboxylic acids is 1. The van der Waals surface area contributed by atoms with Gasteiger partial charge in [0.15, 0.2) is 0 Å². The largest absolute Gasteiger partial charge is 0.394 e. The first-order valence-corrected chi connectivity index (χ1v) is 4.98. The van der Waals surface area contributed by atoms with Crippen LogP contribution in [-0.4, -0.2) is 59.1 Å². The van der Waals surface area contributed by atoms with E-state index in [4.69, 9.17) is 15.6 Å². The van der Waals surface area contributed by atoms with E-state index in [1.165, 1.54) is 6.21 Å². The highest BCUT2D eigenvalue weighted by molar-refractivity contribution is 6.40. The first-order chi connectivity index (χ1) is 7.61. The van der Waals surface area contributed by atoms with Crippen LogP contribution in [0, 0.1) is 0 Å². The molecule has 88 valence electrons. The number of hydrogen-bond donors (Lipinski definition) is 3. The molecule has 4 atom stereocenters. The predicted octanol–water partition coefficient (Wildman–Crippen LogP) is -2.17. The monoisotopic (exact) mass is 227 g/mol. The average Bonchev–Trinajstić information content (AvgIpc) is 2.83. The Kier molecular flexibility index (Phi) is 2.99. The van der Waals surface area contributed by atoms with Gasteiger partial charge in [0.05, 0.1) is 18.8 Å². The molecule has 2 heterocycles. The number of carbonyl (C=O) groups is 1. The number of aliphatic imine (C=N–C) groups is 2. The Bertz CT molecular complexity index is 355. The lowest BCUT2D eigenvalue weighted by Gasteiger charge is -2.13. The number of amidine groups is 1. The Hall–Kier alpha value is -1.31. The third-order valence-electron chi connectivity index (χ3n) is 2.65. The summed E-state index contributed by atoms with van der Waals surface area (Å²) in [7, 11) is 0. The SMILES string of the molecule is NC(=O)C1=NC(C2CC(O)C(CO)O2)C=N1. The molecule has 0 aromatic heterocycles. The normalized spacial score (nSPS) is 37.8. The van der Waals surface area contributed by atoms with E-state index in [2.05, 4.69) is 9.98 Å². The summed E-state index contributed by atoms with van der Waals surface area (Å²) in [6.45, 7) is -0.242. The van der Waals surface area contributed by atoms with Crippen molar-refractivity contribution in [2.24, 2.45) is 15.7 Å². The number of primary amides is 1. The lowest BCUT2D eigenvalue weighted by atomic mass is 10.1. The van der Waals surface area contributed by atoms with Gasteiger partial charge < -0.3 is 20.7 Å². The lowest BCUT2D eigenvalue weighted by Crippen LogP contribution is -2.27. The van der Waals surface area contributed by atoms with E-state index in [9.17, 15) is 9.90 Å². The molecule has 7 heteroatoms. The third kappa shape index (κ3) is 1.97. The van der Waals surface area contributed by atoms with Crippen molar-refractivity contribution in [3.8, 4) is 0 Å². The van der Waals surface area contributed by atoms with E-state index in [1.54, 1.807) is 0 Å². The zero-order valence-corrected chi connectivity index (χ0v) is 8.48. The maximum Gasteiger partial charge on any atom is 0.286 e. The van der Waals surface area contributed by atoms with Gasteiger partial charge in [0, 0.05) is 12.6 Å². The van der Waals surface area contributed by atoms with E-state index >= 15 is 0 Å². The molecule has 1 saturated heterocycles. The number of hydrogen-bond acceptors (Lipinski definition) is 6. The first kappa shape index (κ1) is 11.2. The molecule has 0 aromatic rings. The number of nitrogens with two attached hydrogens (primary N) is 1. The van der Waals surface area contributed by atoms with Crippen LogP contribution >= 0.6 is 0 Å². The van der Waals surface area contributed by atoms with E-state index in [0.29, 0.717) is 6.42 Å². The van der Waals surface area contributed by atoms with Gasteiger partial charge in [0.2, 0.25) is 5.84 Å². The minimum atomic E-state index is -0.712. The highest BCUT2D eigenvalue weighted by Gasteiger charge is 2.38. The van der Waals surface area contributed by atoms with Gasteiger partial charge in [-0.3, -0.25) is 4.79 Å². The fraction of sp³-hybridized carbons (Fsp3) is 0.667. The molecular weight excluding hydrogens is 214 g/mol. The molecule has 7 nitrogen and oxygen atoms in total. The molecule has 0 bridgehead atoms. The van der Waals surface area contributed by atoms with Crippen molar-refractivity contribution in [3.05, 3.63) is 0 Å². The quantitative estimate of drug-likeness (QED) is 0.508. The Morgan fingerprint density at radius 1 is 1.69 bits per heavy atom. The van der Waals surface area contributed by atoms with Gasteiger partial charge in [-0.1, -0.05) is 0 Å². The summed E-state index contributed by atoms with van der Waals surface area (Å²) in [4.78, 5) is 18.5. The van der Waals surface area contributed by atoms with Crippen molar-refractivity contribution in [2.75, 3.05) is 6.61 Å². The van der Waals surface area contributed by atoms with Gasteiger partial charge in [-0.2, -0.15) is 0 Å². The summed E-state index contributed by atoms with van der Waals surface area (Å²) in [6.07, 6.45) is 0.157. The zero-order valence-electron chi connectivity index (χ0n) is 8.48. The topological polar surface area (TPSA) is 118 Å². The second-order valence-electron chi connectivity index (χ2n) is 3.78. The van der Waals surface area contributed by atoms with Gasteiger partial charge in [0.1, 0.15) is 12.1 Å². The van der Waals surface area contributed by atoms with Gasteiger partial charge in [-0.25, -0.2) is 9.98 Å². The average molecular weight is 227 g/mol. The maximum absolute atomic E-state index is 10.8. The van der Waals surface area contributed by atoms with Crippen LogP contribution in [0.3, 0.4) is 0 Å². The van der Waals surface area contributed by atoms with Crippen LogP contribution in [0.2, 0.25) is 0 Å². The zero-order chi connectivity index (χ0) is 11.7. The molecule has 2 aliphatic rings. The van der Waals surface area contributed by atoms with E-state index in [0.717, 1.165) is 0 Å². The molecule has 1 fully saturated rings. The maximum atomic E-state index is 10.8. The molecular formula is C9H13N3O4. The number of nitrogens with zero attached hydrogens (tertiary/aromatic N) is 2. The fourth-order valence-corrected chi connectivity index (χ4v) is 1.81. The molecule has 0 aliphatic carbocycles. The second-order valence-corrected chi connectivity index (χ2v) is 3.78. The molecule has 16 heavy (non-hydrogen) atoms. The van der Waals surface area contributed by atoms with Crippen LogP contribution in [0.25, 0.3) is 0 Å². The van der Waals surface area contributed by atoms with Crippen molar-refractivity contribution < 1.29 is 19.7 Å². The molecule has 0 radical (unpaired) electrons. The summed E-state index contributed by atoms with van der Waals surface area (Å²) in [5, 5.41) is 18.4. The molecule has 0 saturated carbocycles. The van der Waals surface area contributed by atoms with Crippen LogP contribution in [0.4, 0.5) is 0 Å². The minimum absolute atomic E-state index is 0.0319. The number of amides is 1. The Labute approximate surface area is 91.6 Å². The lowest BCUT2D eigenvalue weighted by molar-refractivity contribution is -0.112. The third-order valence-corrected chi connectivity index (χ3v) is 2.65. The molecule has 0 spiro atoms.